The normalized spacial score (nSPS) is 11.0. The number of hydrogen-bond acceptors (Lipinski definition) is 4. The lowest BCUT2D eigenvalue weighted by molar-refractivity contribution is -0.149. The van der Waals surface area contributed by atoms with E-state index < -0.39 is 11.8 Å². The molecule has 0 heterocycles. The summed E-state index contributed by atoms with van der Waals surface area (Å²) < 4.78 is 5.07. The first-order valence-corrected chi connectivity index (χ1v) is 5.12. The Hall–Kier alpha value is -1.62. The molecule has 0 aliphatic rings. The van der Waals surface area contributed by atoms with Gasteiger partial charge < -0.3 is 9.84 Å². The topological polar surface area (TPSA) is 63.6 Å². The lowest BCUT2D eigenvalue weighted by Crippen LogP contribution is -2.13. The number of carbonyl (C=O) groups excluding carboxylic acids is 2. The summed E-state index contributed by atoms with van der Waals surface area (Å²) >= 11 is 3.24. The minimum absolute atomic E-state index is 0.275. The molecule has 16 heavy (non-hydrogen) atoms. The van der Waals surface area contributed by atoms with Gasteiger partial charge in [0, 0.05) is 16.1 Å². The SMILES string of the molecule is COC(=O)C(=O)C=C(O)c1ccc(Br)cc1. The van der Waals surface area contributed by atoms with Crippen LogP contribution in [0.25, 0.3) is 5.76 Å². The molecule has 0 aliphatic heterocycles. The van der Waals surface area contributed by atoms with Crippen molar-refractivity contribution in [2.75, 3.05) is 7.11 Å². The molecule has 0 saturated heterocycles. The molecule has 1 rings (SSSR count). The van der Waals surface area contributed by atoms with Gasteiger partial charge in [0.15, 0.2) is 0 Å². The van der Waals surface area contributed by atoms with Crippen LogP contribution in [0.2, 0.25) is 0 Å². The van der Waals surface area contributed by atoms with Crippen LogP contribution in [-0.4, -0.2) is 24.0 Å². The van der Waals surface area contributed by atoms with Crippen LogP contribution in [0, 0.1) is 0 Å². The van der Waals surface area contributed by atoms with E-state index in [0.29, 0.717) is 5.56 Å². The molecule has 1 aromatic carbocycles. The average Bonchev–Trinajstić information content (AvgIpc) is 2.28. The molecule has 0 fully saturated rings. The Bertz CT molecular complexity index is 434. The second kappa shape index (κ2) is 5.46. The van der Waals surface area contributed by atoms with Gasteiger partial charge in [-0.25, -0.2) is 4.79 Å². The second-order valence-corrected chi connectivity index (χ2v) is 3.81. The molecule has 1 N–H and O–H groups in total. The second-order valence-electron chi connectivity index (χ2n) is 2.89. The van der Waals surface area contributed by atoms with E-state index in [1.165, 1.54) is 0 Å². The predicted molar refractivity (Wildman–Crippen MR) is 61.8 cm³/mol. The lowest BCUT2D eigenvalue weighted by Gasteiger charge is -1.99. The fourth-order valence-electron chi connectivity index (χ4n) is 0.988. The summed E-state index contributed by atoms with van der Waals surface area (Å²) in [5.74, 6) is -2.19. The summed E-state index contributed by atoms with van der Waals surface area (Å²) in [5, 5.41) is 9.54. The van der Waals surface area contributed by atoms with Gasteiger partial charge in [0.1, 0.15) is 5.76 Å². The Morgan fingerprint density at radius 2 is 1.88 bits per heavy atom. The maximum Gasteiger partial charge on any atom is 0.378 e. The number of carbonyl (C=O) groups is 2. The number of aliphatic hydroxyl groups excluding tert-OH is 1. The minimum Gasteiger partial charge on any atom is -0.507 e. The first kappa shape index (κ1) is 12.4. The summed E-state index contributed by atoms with van der Waals surface area (Å²) in [6.45, 7) is 0. The zero-order valence-corrected chi connectivity index (χ0v) is 10.0. The molecule has 0 aromatic heterocycles. The third-order valence-electron chi connectivity index (χ3n) is 1.79. The molecule has 4 nitrogen and oxygen atoms in total. The summed E-state index contributed by atoms with van der Waals surface area (Å²) in [6, 6.07) is 6.64. The highest BCUT2D eigenvalue weighted by Crippen LogP contribution is 2.15. The van der Waals surface area contributed by atoms with Crippen molar-refractivity contribution in [2.45, 2.75) is 0 Å². The standard InChI is InChI=1S/C11H9BrO4/c1-16-11(15)10(14)6-9(13)7-2-4-8(12)5-3-7/h2-6,13H,1H3. The average molecular weight is 285 g/mol. The van der Waals surface area contributed by atoms with Crippen LogP contribution in [0.3, 0.4) is 0 Å². The van der Waals surface area contributed by atoms with Crippen LogP contribution in [0.5, 0.6) is 0 Å². The van der Waals surface area contributed by atoms with Crippen molar-refractivity contribution in [3.8, 4) is 0 Å². The summed E-state index contributed by atoms with van der Waals surface area (Å²) in [7, 11) is 1.10. The Labute approximate surface area is 101 Å². The monoisotopic (exact) mass is 284 g/mol. The number of aliphatic hydroxyl groups is 1. The lowest BCUT2D eigenvalue weighted by atomic mass is 10.1. The van der Waals surface area contributed by atoms with Crippen molar-refractivity contribution in [1.29, 1.82) is 0 Å². The van der Waals surface area contributed by atoms with Crippen LogP contribution in [0.15, 0.2) is 34.8 Å². The molecule has 0 saturated carbocycles. The largest absolute Gasteiger partial charge is 0.507 e. The molecule has 5 heteroatoms. The number of hydrogen-bond donors (Lipinski definition) is 1. The van der Waals surface area contributed by atoms with E-state index in [1.807, 2.05) is 0 Å². The van der Waals surface area contributed by atoms with Gasteiger partial charge in [-0.05, 0) is 12.1 Å². The van der Waals surface area contributed by atoms with E-state index in [-0.39, 0.29) is 5.76 Å². The third-order valence-corrected chi connectivity index (χ3v) is 2.32. The molecule has 0 atom stereocenters. The molecule has 1 aromatic rings. The maximum absolute atomic E-state index is 11.1. The quantitative estimate of drug-likeness (QED) is 0.400. The molecule has 0 radical (unpaired) electrons. The summed E-state index contributed by atoms with van der Waals surface area (Å²) in [4.78, 5) is 21.9. The van der Waals surface area contributed by atoms with Crippen molar-refractivity contribution in [3.05, 3.63) is 40.4 Å². The fourth-order valence-corrected chi connectivity index (χ4v) is 1.25. The molecule has 0 unspecified atom stereocenters. The first-order valence-electron chi connectivity index (χ1n) is 4.33. The van der Waals surface area contributed by atoms with Gasteiger partial charge >= 0.3 is 5.97 Å². The van der Waals surface area contributed by atoms with Gasteiger partial charge in [0.25, 0.3) is 5.78 Å². The van der Waals surface area contributed by atoms with Gasteiger partial charge in [0.05, 0.1) is 7.11 Å². The zero-order chi connectivity index (χ0) is 12.1. The van der Waals surface area contributed by atoms with E-state index in [4.69, 9.17) is 0 Å². The molecular formula is C11H9BrO4. The van der Waals surface area contributed by atoms with E-state index in [9.17, 15) is 14.7 Å². The highest BCUT2D eigenvalue weighted by Gasteiger charge is 2.12. The van der Waals surface area contributed by atoms with Gasteiger partial charge in [-0.3, -0.25) is 4.79 Å². The van der Waals surface area contributed by atoms with Crippen LogP contribution < -0.4 is 0 Å². The molecular weight excluding hydrogens is 276 g/mol. The molecule has 84 valence electrons. The number of rotatable bonds is 3. The Morgan fingerprint density at radius 1 is 1.31 bits per heavy atom. The van der Waals surface area contributed by atoms with Crippen LogP contribution in [0.1, 0.15) is 5.56 Å². The number of esters is 1. The van der Waals surface area contributed by atoms with Crippen molar-refractivity contribution in [1.82, 2.24) is 0 Å². The Balaban J connectivity index is 2.89. The number of methoxy groups -OCH3 is 1. The zero-order valence-electron chi connectivity index (χ0n) is 8.44. The minimum atomic E-state index is -1.01. The Morgan fingerprint density at radius 3 is 2.38 bits per heavy atom. The first-order chi connectivity index (χ1) is 7.54. The predicted octanol–water partition coefficient (Wildman–Crippen LogP) is 2.09. The Kier molecular flexibility index (Phi) is 4.25. The molecule has 0 amide bonds. The summed E-state index contributed by atoms with van der Waals surface area (Å²) in [6.07, 6.45) is 0.828. The molecule has 0 bridgehead atoms. The van der Waals surface area contributed by atoms with Gasteiger partial charge in [-0.2, -0.15) is 0 Å². The van der Waals surface area contributed by atoms with Crippen LogP contribution in [-0.2, 0) is 14.3 Å². The van der Waals surface area contributed by atoms with Crippen molar-refractivity contribution >= 4 is 33.4 Å². The van der Waals surface area contributed by atoms with Gasteiger partial charge in [0.2, 0.25) is 0 Å². The number of ether oxygens (including phenoxy) is 1. The van der Waals surface area contributed by atoms with E-state index >= 15 is 0 Å². The van der Waals surface area contributed by atoms with Gasteiger partial charge in [-0.1, -0.05) is 28.1 Å². The third kappa shape index (κ3) is 3.20. The fraction of sp³-hybridized carbons (Fsp3) is 0.0909. The van der Waals surface area contributed by atoms with Crippen LogP contribution in [0.4, 0.5) is 0 Å². The number of benzene rings is 1. The van der Waals surface area contributed by atoms with E-state index in [2.05, 4.69) is 20.7 Å². The maximum atomic E-state index is 11.1. The van der Waals surface area contributed by atoms with E-state index in [0.717, 1.165) is 17.7 Å². The summed E-state index contributed by atoms with van der Waals surface area (Å²) in [5.41, 5.74) is 0.445. The highest BCUT2D eigenvalue weighted by molar-refractivity contribution is 9.10. The van der Waals surface area contributed by atoms with Crippen LogP contribution >= 0.6 is 15.9 Å². The van der Waals surface area contributed by atoms with Crippen molar-refractivity contribution < 1.29 is 19.4 Å². The van der Waals surface area contributed by atoms with Crippen molar-refractivity contribution in [2.24, 2.45) is 0 Å². The number of ketones is 1. The highest BCUT2D eigenvalue weighted by atomic mass is 79.9. The molecule has 0 aliphatic carbocycles. The number of halogens is 1. The van der Waals surface area contributed by atoms with E-state index in [1.54, 1.807) is 24.3 Å². The smallest absolute Gasteiger partial charge is 0.378 e. The van der Waals surface area contributed by atoms with Crippen molar-refractivity contribution in [3.63, 3.8) is 0 Å². The molecule has 0 spiro atoms. The van der Waals surface area contributed by atoms with Gasteiger partial charge in [-0.15, -0.1) is 0 Å².